The minimum Gasteiger partial charge on any atom is -0.478 e. The maximum Gasteiger partial charge on any atom is 0.339 e. The second-order valence-corrected chi connectivity index (χ2v) is 6.53. The molecule has 3 N–H and O–H groups in total. The lowest BCUT2D eigenvalue weighted by molar-refractivity contribution is 0.00490. The van der Waals surface area contributed by atoms with Gasteiger partial charge in [0.15, 0.2) is 0 Å². The molecule has 0 unspecified atom stereocenters. The van der Waals surface area contributed by atoms with Crippen LogP contribution in [0.3, 0.4) is 0 Å². The predicted octanol–water partition coefficient (Wildman–Crippen LogP) is 2.90. The Labute approximate surface area is 126 Å². The van der Waals surface area contributed by atoms with E-state index >= 15 is 0 Å². The highest BCUT2D eigenvalue weighted by molar-refractivity contribution is 9.10. The normalized spacial score (nSPS) is 26.2. The maximum absolute atomic E-state index is 11.2. The van der Waals surface area contributed by atoms with Crippen molar-refractivity contribution in [1.82, 2.24) is 4.98 Å². The minimum absolute atomic E-state index is 0.104. The average molecular weight is 343 g/mol. The number of pyridine rings is 1. The number of aromatic carboxylic acids is 1. The summed E-state index contributed by atoms with van der Waals surface area (Å²) in [4.78, 5) is 15.3. The molecule has 0 amide bonds. The highest BCUT2D eigenvalue weighted by atomic mass is 79.9. The molecular formula is C14H19BrN2O3. The molecule has 1 aliphatic rings. The fraction of sp³-hybridized carbons (Fsp3) is 0.571. The minimum atomic E-state index is -1.04. The van der Waals surface area contributed by atoms with Crippen LogP contribution in [0.1, 0.15) is 43.0 Å². The van der Waals surface area contributed by atoms with Gasteiger partial charge in [0.1, 0.15) is 11.4 Å². The Morgan fingerprint density at radius 3 is 2.80 bits per heavy atom. The van der Waals surface area contributed by atoms with Crippen LogP contribution in [-0.2, 0) is 0 Å². The number of nitrogens with zero attached hydrogens (tertiary/aromatic N) is 1. The number of carboxylic acid groups (broad SMARTS) is 1. The first-order valence-corrected chi connectivity index (χ1v) is 7.54. The van der Waals surface area contributed by atoms with Gasteiger partial charge in [0.2, 0.25) is 0 Å². The van der Waals surface area contributed by atoms with E-state index in [1.54, 1.807) is 6.20 Å². The van der Waals surface area contributed by atoms with Crippen LogP contribution >= 0.6 is 15.9 Å². The first-order valence-electron chi connectivity index (χ1n) is 6.75. The van der Waals surface area contributed by atoms with Gasteiger partial charge in [0.25, 0.3) is 0 Å². The van der Waals surface area contributed by atoms with Crippen molar-refractivity contribution in [2.45, 2.75) is 38.2 Å². The number of halogens is 1. The van der Waals surface area contributed by atoms with E-state index in [2.05, 4.69) is 33.2 Å². The summed E-state index contributed by atoms with van der Waals surface area (Å²) in [5, 5.41) is 22.6. The van der Waals surface area contributed by atoms with Crippen molar-refractivity contribution in [3.63, 3.8) is 0 Å². The molecule has 6 heteroatoms. The van der Waals surface area contributed by atoms with Crippen LogP contribution in [0, 0.1) is 5.92 Å². The van der Waals surface area contributed by atoms with Crippen molar-refractivity contribution >= 4 is 27.7 Å². The molecule has 0 bridgehead atoms. The van der Waals surface area contributed by atoms with E-state index in [4.69, 9.17) is 5.11 Å². The molecule has 1 aromatic rings. The molecule has 1 heterocycles. The van der Waals surface area contributed by atoms with Gasteiger partial charge in [-0.3, -0.25) is 0 Å². The number of carboxylic acids is 1. The highest BCUT2D eigenvalue weighted by Gasteiger charge is 2.32. The second-order valence-electron chi connectivity index (χ2n) is 5.62. The topological polar surface area (TPSA) is 82.5 Å². The van der Waals surface area contributed by atoms with E-state index in [0.717, 1.165) is 25.7 Å². The van der Waals surface area contributed by atoms with Gasteiger partial charge in [0.05, 0.1) is 5.60 Å². The molecule has 2 rings (SSSR count). The summed E-state index contributed by atoms with van der Waals surface area (Å²) >= 11 is 3.21. The molecule has 20 heavy (non-hydrogen) atoms. The third-order valence-corrected chi connectivity index (χ3v) is 4.31. The predicted molar refractivity (Wildman–Crippen MR) is 80.0 cm³/mol. The maximum atomic E-state index is 11.2. The first-order chi connectivity index (χ1) is 9.39. The molecule has 0 spiro atoms. The first kappa shape index (κ1) is 15.3. The number of aromatic nitrogens is 1. The van der Waals surface area contributed by atoms with Crippen LogP contribution in [0.4, 0.5) is 5.82 Å². The third kappa shape index (κ3) is 3.70. The zero-order valence-corrected chi connectivity index (χ0v) is 13.0. The fourth-order valence-electron chi connectivity index (χ4n) is 2.47. The monoisotopic (exact) mass is 342 g/mol. The van der Waals surface area contributed by atoms with Gasteiger partial charge in [-0.15, -0.1) is 0 Å². The van der Waals surface area contributed by atoms with Gasteiger partial charge in [-0.1, -0.05) is 6.92 Å². The lowest BCUT2D eigenvalue weighted by Crippen LogP contribution is -2.40. The number of anilines is 1. The van der Waals surface area contributed by atoms with Crippen LogP contribution in [0.5, 0.6) is 0 Å². The molecule has 1 saturated carbocycles. The van der Waals surface area contributed by atoms with Crippen LogP contribution < -0.4 is 5.32 Å². The quantitative estimate of drug-likeness (QED) is 0.783. The molecule has 1 fully saturated rings. The Kier molecular flexibility index (Phi) is 4.65. The van der Waals surface area contributed by atoms with Crippen molar-refractivity contribution < 1.29 is 15.0 Å². The summed E-state index contributed by atoms with van der Waals surface area (Å²) in [6.07, 6.45) is 5.01. The number of rotatable bonds is 4. The van der Waals surface area contributed by atoms with Crippen molar-refractivity contribution in [2.75, 3.05) is 11.9 Å². The summed E-state index contributed by atoms with van der Waals surface area (Å²) < 4.78 is 0.616. The highest BCUT2D eigenvalue weighted by Crippen LogP contribution is 2.32. The van der Waals surface area contributed by atoms with Gasteiger partial charge in [-0.25, -0.2) is 9.78 Å². The molecule has 1 aromatic heterocycles. The molecule has 0 atom stereocenters. The van der Waals surface area contributed by atoms with E-state index in [1.807, 2.05) is 0 Å². The van der Waals surface area contributed by atoms with Gasteiger partial charge in [-0.05, 0) is 53.6 Å². The summed E-state index contributed by atoms with van der Waals surface area (Å²) in [5.74, 6) is -0.0889. The second kappa shape index (κ2) is 6.10. The lowest BCUT2D eigenvalue weighted by Gasteiger charge is -2.35. The zero-order chi connectivity index (χ0) is 14.8. The molecule has 0 radical (unpaired) electrons. The Bertz CT molecular complexity index is 499. The Morgan fingerprint density at radius 1 is 1.55 bits per heavy atom. The van der Waals surface area contributed by atoms with E-state index in [9.17, 15) is 9.90 Å². The number of nitrogens with one attached hydrogen (secondary N) is 1. The molecular weight excluding hydrogens is 324 g/mol. The number of hydrogen-bond acceptors (Lipinski definition) is 4. The SMILES string of the molecule is CC1CCC(O)(CNc2ncc(Br)cc2C(=O)O)CC1. The van der Waals surface area contributed by atoms with E-state index in [1.165, 1.54) is 6.07 Å². The number of carbonyl (C=O) groups is 1. The van der Waals surface area contributed by atoms with Crippen LogP contribution in [0.15, 0.2) is 16.7 Å². The largest absolute Gasteiger partial charge is 0.478 e. The standard InChI is InChI=1S/C14H19BrN2O3/c1-9-2-4-14(20,5-3-9)8-17-12-11(13(18)19)6-10(15)7-16-12/h6-7,9,20H,2-5,8H2,1H3,(H,16,17)(H,18,19). The zero-order valence-electron chi connectivity index (χ0n) is 11.4. The third-order valence-electron chi connectivity index (χ3n) is 3.87. The lowest BCUT2D eigenvalue weighted by atomic mass is 9.79. The summed E-state index contributed by atoms with van der Waals surface area (Å²) in [5.41, 5.74) is -0.663. The van der Waals surface area contributed by atoms with Gasteiger partial charge in [0, 0.05) is 17.2 Å². The molecule has 0 saturated heterocycles. The molecule has 0 aromatic carbocycles. The average Bonchev–Trinajstić information content (AvgIpc) is 2.41. The summed E-state index contributed by atoms with van der Waals surface area (Å²) in [6.45, 7) is 2.51. The Morgan fingerprint density at radius 2 is 2.20 bits per heavy atom. The van der Waals surface area contributed by atoms with Crippen molar-refractivity contribution in [1.29, 1.82) is 0 Å². The van der Waals surface area contributed by atoms with E-state index < -0.39 is 11.6 Å². The molecule has 0 aliphatic heterocycles. The summed E-state index contributed by atoms with van der Waals surface area (Å²) in [6, 6.07) is 1.50. The Balaban J connectivity index is 2.05. The smallest absolute Gasteiger partial charge is 0.339 e. The van der Waals surface area contributed by atoms with Crippen LogP contribution in [0.2, 0.25) is 0 Å². The number of hydrogen-bond donors (Lipinski definition) is 3. The van der Waals surface area contributed by atoms with Gasteiger partial charge in [-0.2, -0.15) is 0 Å². The molecule has 5 nitrogen and oxygen atoms in total. The van der Waals surface area contributed by atoms with Crippen molar-refractivity contribution in [3.8, 4) is 0 Å². The molecule has 110 valence electrons. The van der Waals surface area contributed by atoms with Crippen LogP contribution in [0.25, 0.3) is 0 Å². The van der Waals surface area contributed by atoms with Gasteiger partial charge >= 0.3 is 5.97 Å². The van der Waals surface area contributed by atoms with E-state index in [-0.39, 0.29) is 5.56 Å². The fourth-order valence-corrected chi connectivity index (χ4v) is 2.80. The van der Waals surface area contributed by atoms with Crippen LogP contribution in [-0.4, -0.2) is 33.3 Å². The summed E-state index contributed by atoms with van der Waals surface area (Å²) in [7, 11) is 0. The number of aliphatic hydroxyl groups is 1. The molecule has 1 aliphatic carbocycles. The van der Waals surface area contributed by atoms with E-state index in [0.29, 0.717) is 22.8 Å². The Hall–Kier alpha value is -1.14. The van der Waals surface area contributed by atoms with Crippen molar-refractivity contribution in [3.05, 3.63) is 22.3 Å². The van der Waals surface area contributed by atoms with Crippen molar-refractivity contribution in [2.24, 2.45) is 5.92 Å². The van der Waals surface area contributed by atoms with Gasteiger partial charge < -0.3 is 15.5 Å².